The average Bonchev–Trinajstić information content (AvgIpc) is 3.54. The lowest BCUT2D eigenvalue weighted by Crippen LogP contribution is -2.14. The zero-order chi connectivity index (χ0) is 25.2. The summed E-state index contributed by atoms with van der Waals surface area (Å²) in [5.74, 6) is 0.337. The number of aromatic amines is 2. The van der Waals surface area contributed by atoms with Gasteiger partial charge in [-0.15, -0.1) is 0 Å². The van der Waals surface area contributed by atoms with Crippen molar-refractivity contribution in [3.8, 4) is 0 Å². The van der Waals surface area contributed by atoms with E-state index in [0.29, 0.717) is 28.8 Å². The molecule has 37 heavy (non-hydrogen) atoms. The Hall–Kier alpha value is -5.11. The van der Waals surface area contributed by atoms with Crippen molar-refractivity contribution in [3.05, 3.63) is 120 Å². The maximum atomic E-state index is 13.2. The number of carbonyl (C=O) groups excluding carboxylic acids is 2. The number of benzene rings is 3. The molecule has 0 spiro atoms. The van der Waals surface area contributed by atoms with E-state index in [9.17, 15) is 9.59 Å². The predicted octanol–water partition coefficient (Wildman–Crippen LogP) is 5.10. The SMILES string of the molecule is O=C(Nc1nc2c(C(=O)Cc3ncc(Cc4ccccc4)[nH]3)cccc2[nH]1)c1cc2ccccc2cn1. The number of anilines is 1. The molecule has 3 N–H and O–H groups in total. The van der Waals surface area contributed by atoms with Crippen LogP contribution in [0.15, 0.2) is 91.3 Å². The fourth-order valence-electron chi connectivity index (χ4n) is 4.34. The molecule has 3 heterocycles. The molecule has 0 atom stereocenters. The van der Waals surface area contributed by atoms with Gasteiger partial charge in [-0.3, -0.25) is 19.9 Å². The van der Waals surface area contributed by atoms with Gasteiger partial charge in [0.1, 0.15) is 17.0 Å². The van der Waals surface area contributed by atoms with Crippen LogP contribution in [-0.2, 0) is 12.8 Å². The minimum atomic E-state index is -0.390. The topological polar surface area (TPSA) is 116 Å². The number of nitrogens with zero attached hydrogens (tertiary/aromatic N) is 3. The molecule has 8 nitrogen and oxygen atoms in total. The monoisotopic (exact) mass is 486 g/mol. The molecular formula is C29H22N6O2. The summed E-state index contributed by atoms with van der Waals surface area (Å²) in [5, 5.41) is 4.63. The van der Waals surface area contributed by atoms with Crippen LogP contribution in [-0.4, -0.2) is 36.6 Å². The van der Waals surface area contributed by atoms with Crippen LogP contribution < -0.4 is 5.32 Å². The Morgan fingerprint density at radius 2 is 1.62 bits per heavy atom. The van der Waals surface area contributed by atoms with Crippen molar-refractivity contribution in [2.45, 2.75) is 12.8 Å². The van der Waals surface area contributed by atoms with E-state index in [2.05, 4.69) is 42.4 Å². The van der Waals surface area contributed by atoms with Crippen LogP contribution in [0.2, 0.25) is 0 Å². The van der Waals surface area contributed by atoms with Gasteiger partial charge in [0.15, 0.2) is 5.78 Å². The van der Waals surface area contributed by atoms with Crippen LogP contribution in [0.1, 0.15) is 37.9 Å². The number of hydrogen-bond acceptors (Lipinski definition) is 5. The third-order valence-electron chi connectivity index (χ3n) is 6.16. The molecule has 0 radical (unpaired) electrons. The molecule has 0 aliphatic rings. The van der Waals surface area contributed by atoms with Crippen molar-refractivity contribution in [2.24, 2.45) is 0 Å². The van der Waals surface area contributed by atoms with Gasteiger partial charge in [0.05, 0.1) is 11.9 Å². The van der Waals surface area contributed by atoms with Gasteiger partial charge in [0.2, 0.25) is 5.95 Å². The number of Topliss-reactive ketones (excluding diaryl/α,β-unsaturated/α-hetero) is 1. The summed E-state index contributed by atoms with van der Waals surface area (Å²) in [6, 6.07) is 24.8. The second-order valence-electron chi connectivity index (χ2n) is 8.78. The van der Waals surface area contributed by atoms with Crippen LogP contribution in [0.3, 0.4) is 0 Å². The molecule has 0 aliphatic heterocycles. The summed E-state index contributed by atoms with van der Waals surface area (Å²) in [4.78, 5) is 45.4. The summed E-state index contributed by atoms with van der Waals surface area (Å²) in [5.41, 5.74) is 3.99. The fourth-order valence-corrected chi connectivity index (χ4v) is 4.34. The van der Waals surface area contributed by atoms with E-state index in [-0.39, 0.29) is 29.8 Å². The Morgan fingerprint density at radius 3 is 2.49 bits per heavy atom. The quantitative estimate of drug-likeness (QED) is 0.271. The van der Waals surface area contributed by atoms with Gasteiger partial charge in [-0.25, -0.2) is 9.97 Å². The summed E-state index contributed by atoms with van der Waals surface area (Å²) in [6.45, 7) is 0. The van der Waals surface area contributed by atoms with E-state index in [1.807, 2.05) is 48.5 Å². The van der Waals surface area contributed by atoms with E-state index >= 15 is 0 Å². The highest BCUT2D eigenvalue weighted by molar-refractivity contribution is 6.08. The minimum absolute atomic E-state index is 0.115. The maximum Gasteiger partial charge on any atom is 0.276 e. The van der Waals surface area contributed by atoms with Gasteiger partial charge in [0.25, 0.3) is 5.91 Å². The lowest BCUT2D eigenvalue weighted by atomic mass is 10.1. The van der Waals surface area contributed by atoms with E-state index in [1.54, 1.807) is 30.6 Å². The van der Waals surface area contributed by atoms with Crippen molar-refractivity contribution in [1.29, 1.82) is 0 Å². The standard InChI is InChI=1S/C29H22N6O2/c36-25(15-26-31-17-21(32-26)13-18-7-2-1-3-8-18)22-11-6-12-23-27(22)34-29(33-23)35-28(37)24-14-19-9-4-5-10-20(19)16-30-24/h1-12,14,16-17H,13,15H2,(H,31,32)(H2,33,34,35,37). The number of nitrogens with one attached hydrogen (secondary N) is 3. The molecular weight excluding hydrogens is 464 g/mol. The molecule has 180 valence electrons. The highest BCUT2D eigenvalue weighted by atomic mass is 16.2. The van der Waals surface area contributed by atoms with Crippen LogP contribution in [0, 0.1) is 0 Å². The Kier molecular flexibility index (Phi) is 5.74. The predicted molar refractivity (Wildman–Crippen MR) is 142 cm³/mol. The third-order valence-corrected chi connectivity index (χ3v) is 6.16. The molecule has 0 aliphatic carbocycles. The van der Waals surface area contributed by atoms with E-state index in [1.165, 1.54) is 5.56 Å². The van der Waals surface area contributed by atoms with Crippen molar-refractivity contribution >= 4 is 39.4 Å². The van der Waals surface area contributed by atoms with E-state index < -0.39 is 0 Å². The number of H-pyrrole nitrogens is 2. The molecule has 0 saturated heterocycles. The number of carbonyl (C=O) groups is 2. The fraction of sp³-hybridized carbons (Fsp3) is 0.0690. The van der Waals surface area contributed by atoms with Gasteiger partial charge >= 0.3 is 0 Å². The maximum absolute atomic E-state index is 13.2. The molecule has 6 rings (SSSR count). The molecule has 0 unspecified atom stereocenters. The van der Waals surface area contributed by atoms with Crippen molar-refractivity contribution in [3.63, 3.8) is 0 Å². The smallest absolute Gasteiger partial charge is 0.276 e. The largest absolute Gasteiger partial charge is 0.345 e. The zero-order valence-corrected chi connectivity index (χ0v) is 19.7. The molecule has 3 aromatic heterocycles. The third kappa shape index (κ3) is 4.72. The Morgan fingerprint density at radius 1 is 0.811 bits per heavy atom. The van der Waals surface area contributed by atoms with Gasteiger partial charge in [-0.2, -0.15) is 0 Å². The molecule has 3 aromatic carbocycles. The normalized spacial score (nSPS) is 11.1. The molecule has 0 bridgehead atoms. The number of rotatable bonds is 7. The number of para-hydroxylation sites is 1. The number of fused-ring (bicyclic) bond motifs is 2. The van der Waals surface area contributed by atoms with Crippen LogP contribution in [0.5, 0.6) is 0 Å². The van der Waals surface area contributed by atoms with Crippen LogP contribution in [0.4, 0.5) is 5.95 Å². The molecule has 1 amide bonds. The minimum Gasteiger partial charge on any atom is -0.345 e. The Labute approximate surface area is 211 Å². The second-order valence-corrected chi connectivity index (χ2v) is 8.78. The molecule has 0 fully saturated rings. The van der Waals surface area contributed by atoms with Gasteiger partial charge in [0, 0.05) is 35.5 Å². The van der Waals surface area contributed by atoms with Crippen molar-refractivity contribution < 1.29 is 9.59 Å². The number of aromatic nitrogens is 5. The summed E-state index contributed by atoms with van der Waals surface area (Å²) in [6.07, 6.45) is 4.26. The summed E-state index contributed by atoms with van der Waals surface area (Å²) < 4.78 is 0. The van der Waals surface area contributed by atoms with Gasteiger partial charge in [-0.05, 0) is 29.1 Å². The zero-order valence-electron chi connectivity index (χ0n) is 19.7. The van der Waals surface area contributed by atoms with Crippen molar-refractivity contribution in [2.75, 3.05) is 5.32 Å². The van der Waals surface area contributed by atoms with E-state index in [0.717, 1.165) is 16.5 Å². The summed E-state index contributed by atoms with van der Waals surface area (Å²) >= 11 is 0. The number of amides is 1. The van der Waals surface area contributed by atoms with E-state index in [4.69, 9.17) is 0 Å². The van der Waals surface area contributed by atoms with Crippen molar-refractivity contribution in [1.82, 2.24) is 24.9 Å². The summed E-state index contributed by atoms with van der Waals surface area (Å²) in [7, 11) is 0. The first kappa shape index (κ1) is 22.4. The lowest BCUT2D eigenvalue weighted by Gasteiger charge is -2.03. The molecule has 8 heteroatoms. The first-order valence-corrected chi connectivity index (χ1v) is 11.9. The van der Waals surface area contributed by atoms with Gasteiger partial charge < -0.3 is 9.97 Å². The first-order chi connectivity index (χ1) is 18.1. The van der Waals surface area contributed by atoms with Crippen LogP contribution in [0.25, 0.3) is 21.8 Å². The first-order valence-electron chi connectivity index (χ1n) is 11.9. The number of hydrogen-bond donors (Lipinski definition) is 3. The Balaban J connectivity index is 1.19. The van der Waals surface area contributed by atoms with Gasteiger partial charge in [-0.1, -0.05) is 60.7 Å². The highest BCUT2D eigenvalue weighted by Gasteiger charge is 2.17. The lowest BCUT2D eigenvalue weighted by molar-refractivity contribution is 0.0990. The number of ketones is 1. The molecule has 0 saturated carbocycles. The second kappa shape index (κ2) is 9.50. The molecule has 6 aromatic rings. The average molecular weight is 487 g/mol. The highest BCUT2D eigenvalue weighted by Crippen LogP contribution is 2.21. The Bertz CT molecular complexity index is 1750. The number of imidazole rings is 2. The van der Waals surface area contributed by atoms with Crippen LogP contribution >= 0.6 is 0 Å². The number of pyridine rings is 1.